The number of rotatable bonds is 4. The van der Waals surface area contributed by atoms with Gasteiger partial charge in [0.05, 0.1) is 5.69 Å². The number of hydrogen-bond donors (Lipinski definition) is 2. The molecule has 3 rings (SSSR count). The van der Waals surface area contributed by atoms with Crippen LogP contribution in [-0.2, 0) is 0 Å². The van der Waals surface area contributed by atoms with Gasteiger partial charge in [-0.1, -0.05) is 29.8 Å². The minimum Gasteiger partial charge on any atom is -0.339 e. The average Bonchev–Trinajstić information content (AvgIpc) is 2.51. The van der Waals surface area contributed by atoms with Crippen LogP contribution in [0.15, 0.2) is 59.1 Å². The molecular formula is C18H17BrN4. The van der Waals surface area contributed by atoms with Crippen LogP contribution in [0.2, 0.25) is 0 Å². The van der Waals surface area contributed by atoms with Gasteiger partial charge >= 0.3 is 0 Å². The second kappa shape index (κ2) is 6.79. The van der Waals surface area contributed by atoms with Gasteiger partial charge in [0.2, 0.25) is 5.95 Å². The molecule has 23 heavy (non-hydrogen) atoms. The van der Waals surface area contributed by atoms with Crippen LogP contribution in [-0.4, -0.2) is 9.97 Å². The molecule has 0 amide bonds. The molecule has 0 aliphatic heterocycles. The minimum absolute atomic E-state index is 0.573. The van der Waals surface area contributed by atoms with Crippen molar-refractivity contribution in [3.05, 3.63) is 70.3 Å². The molecule has 0 bridgehead atoms. The molecule has 116 valence electrons. The van der Waals surface area contributed by atoms with Gasteiger partial charge < -0.3 is 10.6 Å². The molecule has 0 spiro atoms. The monoisotopic (exact) mass is 368 g/mol. The van der Waals surface area contributed by atoms with Crippen LogP contribution < -0.4 is 10.6 Å². The van der Waals surface area contributed by atoms with Crippen molar-refractivity contribution in [1.82, 2.24) is 9.97 Å². The van der Waals surface area contributed by atoms with Crippen molar-refractivity contribution < 1.29 is 0 Å². The van der Waals surface area contributed by atoms with E-state index in [0.717, 1.165) is 27.4 Å². The van der Waals surface area contributed by atoms with Crippen molar-refractivity contribution in [2.45, 2.75) is 13.8 Å². The summed E-state index contributed by atoms with van der Waals surface area (Å²) in [6.45, 7) is 4.01. The Hall–Kier alpha value is -2.40. The Kier molecular flexibility index (Phi) is 4.57. The standard InChI is InChI=1S/C18H17BrN4/c1-12-7-9-14(10-8-12)21-18-20-13(2)11-17(23-18)22-16-6-4-3-5-15(16)19/h3-11H,1-2H3,(H2,20,21,22,23). The highest BCUT2D eigenvalue weighted by Gasteiger charge is 2.05. The molecule has 0 atom stereocenters. The van der Waals surface area contributed by atoms with Crippen LogP contribution in [0.4, 0.5) is 23.1 Å². The average molecular weight is 369 g/mol. The van der Waals surface area contributed by atoms with Gasteiger partial charge in [-0.3, -0.25) is 0 Å². The van der Waals surface area contributed by atoms with Gasteiger partial charge in [-0.15, -0.1) is 0 Å². The Morgan fingerprint density at radius 2 is 1.61 bits per heavy atom. The molecule has 0 radical (unpaired) electrons. The van der Waals surface area contributed by atoms with Crippen LogP contribution in [0.3, 0.4) is 0 Å². The largest absolute Gasteiger partial charge is 0.339 e. The quantitative estimate of drug-likeness (QED) is 0.652. The first-order chi connectivity index (χ1) is 11.1. The van der Waals surface area contributed by atoms with E-state index in [9.17, 15) is 0 Å². The third kappa shape index (κ3) is 4.07. The maximum absolute atomic E-state index is 4.53. The zero-order valence-corrected chi connectivity index (χ0v) is 14.6. The number of benzene rings is 2. The van der Waals surface area contributed by atoms with Gasteiger partial charge in [0.1, 0.15) is 5.82 Å². The van der Waals surface area contributed by atoms with Crippen LogP contribution in [0.25, 0.3) is 0 Å². The Morgan fingerprint density at radius 1 is 0.870 bits per heavy atom. The van der Waals surface area contributed by atoms with E-state index in [1.165, 1.54) is 5.56 Å². The van der Waals surface area contributed by atoms with Crippen molar-refractivity contribution in [3.8, 4) is 0 Å². The van der Waals surface area contributed by atoms with E-state index >= 15 is 0 Å². The summed E-state index contributed by atoms with van der Waals surface area (Å²) in [4.78, 5) is 8.98. The smallest absolute Gasteiger partial charge is 0.229 e. The summed E-state index contributed by atoms with van der Waals surface area (Å²) in [5, 5.41) is 6.55. The number of hydrogen-bond acceptors (Lipinski definition) is 4. The number of nitrogens with one attached hydrogen (secondary N) is 2. The summed E-state index contributed by atoms with van der Waals surface area (Å²) in [6, 6.07) is 18.0. The SMILES string of the molecule is Cc1ccc(Nc2nc(C)cc(Nc3ccccc3Br)n2)cc1. The van der Waals surface area contributed by atoms with Crippen LogP contribution >= 0.6 is 15.9 Å². The maximum Gasteiger partial charge on any atom is 0.229 e. The van der Waals surface area contributed by atoms with Gasteiger partial charge in [-0.2, -0.15) is 4.98 Å². The van der Waals surface area contributed by atoms with Gasteiger partial charge in [0.15, 0.2) is 0 Å². The first kappa shape index (κ1) is 15.5. The number of aromatic nitrogens is 2. The molecule has 1 heterocycles. The second-order valence-electron chi connectivity index (χ2n) is 5.31. The van der Waals surface area contributed by atoms with Gasteiger partial charge in [-0.25, -0.2) is 4.98 Å². The predicted molar refractivity (Wildman–Crippen MR) is 98.7 cm³/mol. The van der Waals surface area contributed by atoms with Gasteiger partial charge in [-0.05, 0) is 54.0 Å². The summed E-state index contributed by atoms with van der Waals surface area (Å²) in [5.74, 6) is 1.32. The van der Waals surface area contributed by atoms with Crippen LogP contribution in [0, 0.1) is 13.8 Å². The molecule has 1 aromatic heterocycles. The maximum atomic E-state index is 4.53. The van der Waals surface area contributed by atoms with Crippen molar-refractivity contribution in [2.75, 3.05) is 10.6 Å². The van der Waals surface area contributed by atoms with Crippen LogP contribution in [0.5, 0.6) is 0 Å². The molecular weight excluding hydrogens is 352 g/mol. The van der Waals surface area contributed by atoms with Crippen molar-refractivity contribution in [2.24, 2.45) is 0 Å². The molecule has 3 aromatic rings. The van der Waals surface area contributed by atoms with E-state index in [-0.39, 0.29) is 0 Å². The van der Waals surface area contributed by atoms with E-state index in [2.05, 4.69) is 55.6 Å². The minimum atomic E-state index is 0.573. The fourth-order valence-corrected chi connectivity index (χ4v) is 2.54. The summed E-state index contributed by atoms with van der Waals surface area (Å²) in [5.41, 5.74) is 4.04. The van der Waals surface area contributed by atoms with Gasteiger partial charge in [0.25, 0.3) is 0 Å². The summed E-state index contributed by atoms with van der Waals surface area (Å²) in [7, 11) is 0. The van der Waals surface area contributed by atoms with Crippen molar-refractivity contribution in [1.29, 1.82) is 0 Å². The molecule has 0 aliphatic carbocycles. The highest BCUT2D eigenvalue weighted by Crippen LogP contribution is 2.25. The molecule has 2 N–H and O–H groups in total. The van der Waals surface area contributed by atoms with E-state index in [1.807, 2.05) is 49.4 Å². The molecule has 0 aliphatic rings. The molecule has 0 saturated carbocycles. The van der Waals surface area contributed by atoms with E-state index in [4.69, 9.17) is 0 Å². The fraction of sp³-hybridized carbons (Fsp3) is 0.111. The summed E-state index contributed by atoms with van der Waals surface area (Å²) >= 11 is 3.53. The fourth-order valence-electron chi connectivity index (χ4n) is 2.16. The highest BCUT2D eigenvalue weighted by molar-refractivity contribution is 9.10. The van der Waals surface area contributed by atoms with E-state index < -0.39 is 0 Å². The third-order valence-electron chi connectivity index (χ3n) is 3.30. The summed E-state index contributed by atoms with van der Waals surface area (Å²) < 4.78 is 0.990. The lowest BCUT2D eigenvalue weighted by Gasteiger charge is -2.11. The Morgan fingerprint density at radius 3 is 2.35 bits per heavy atom. The topological polar surface area (TPSA) is 49.8 Å². The molecule has 0 fully saturated rings. The summed E-state index contributed by atoms with van der Waals surface area (Å²) in [6.07, 6.45) is 0. The number of nitrogens with zero attached hydrogens (tertiary/aromatic N) is 2. The Bertz CT molecular complexity index is 816. The van der Waals surface area contributed by atoms with Crippen molar-refractivity contribution >= 4 is 39.1 Å². The lowest BCUT2D eigenvalue weighted by atomic mass is 10.2. The normalized spacial score (nSPS) is 10.4. The Balaban J connectivity index is 1.84. The lowest BCUT2D eigenvalue weighted by Crippen LogP contribution is -2.02. The van der Waals surface area contributed by atoms with Crippen LogP contribution in [0.1, 0.15) is 11.3 Å². The number of aryl methyl sites for hydroxylation is 2. The first-order valence-corrected chi connectivity index (χ1v) is 8.10. The number of anilines is 4. The zero-order chi connectivity index (χ0) is 16.2. The van der Waals surface area contributed by atoms with Gasteiger partial charge in [0, 0.05) is 21.9 Å². The number of halogens is 1. The number of para-hydroxylation sites is 1. The Labute approximate surface area is 144 Å². The predicted octanol–water partition coefficient (Wildman–Crippen LogP) is 5.34. The van der Waals surface area contributed by atoms with E-state index in [0.29, 0.717) is 5.95 Å². The molecule has 5 heteroatoms. The molecule has 0 unspecified atom stereocenters. The third-order valence-corrected chi connectivity index (χ3v) is 3.99. The second-order valence-corrected chi connectivity index (χ2v) is 6.17. The molecule has 0 saturated heterocycles. The lowest BCUT2D eigenvalue weighted by molar-refractivity contribution is 1.11. The van der Waals surface area contributed by atoms with E-state index in [1.54, 1.807) is 0 Å². The first-order valence-electron chi connectivity index (χ1n) is 7.31. The molecule has 2 aromatic carbocycles. The molecule has 4 nitrogen and oxygen atoms in total. The van der Waals surface area contributed by atoms with Crippen molar-refractivity contribution in [3.63, 3.8) is 0 Å². The zero-order valence-electron chi connectivity index (χ0n) is 13.0. The highest BCUT2D eigenvalue weighted by atomic mass is 79.9.